The first-order valence-electron chi connectivity index (χ1n) is 4.37. The molecule has 15 heavy (non-hydrogen) atoms. The highest BCUT2D eigenvalue weighted by atomic mass is 19.3. The third-order valence-electron chi connectivity index (χ3n) is 2.02. The Morgan fingerprint density at radius 2 is 2.07 bits per heavy atom. The van der Waals surface area contributed by atoms with Crippen molar-refractivity contribution in [1.29, 1.82) is 0 Å². The SMILES string of the molecule is COc1c(CON)cc(C)cc1C(F)F. The Labute approximate surface area is 86.7 Å². The van der Waals surface area contributed by atoms with Gasteiger partial charge in [0.2, 0.25) is 0 Å². The number of hydrogen-bond acceptors (Lipinski definition) is 3. The van der Waals surface area contributed by atoms with E-state index in [9.17, 15) is 8.78 Å². The first kappa shape index (κ1) is 11.9. The first-order valence-corrected chi connectivity index (χ1v) is 4.37. The number of ether oxygens (including phenoxy) is 1. The van der Waals surface area contributed by atoms with Gasteiger partial charge >= 0.3 is 0 Å². The Bertz CT molecular complexity index is 342. The summed E-state index contributed by atoms with van der Waals surface area (Å²) in [6.45, 7) is 1.77. The van der Waals surface area contributed by atoms with Crippen LogP contribution in [0, 0.1) is 6.92 Å². The maximum Gasteiger partial charge on any atom is 0.267 e. The van der Waals surface area contributed by atoms with Gasteiger partial charge in [-0.2, -0.15) is 0 Å². The Balaban J connectivity index is 3.25. The van der Waals surface area contributed by atoms with Gasteiger partial charge in [-0.3, -0.25) is 4.84 Å². The van der Waals surface area contributed by atoms with Crippen molar-refractivity contribution in [3.63, 3.8) is 0 Å². The van der Waals surface area contributed by atoms with Gasteiger partial charge in [0, 0.05) is 5.56 Å². The number of rotatable bonds is 4. The predicted molar refractivity (Wildman–Crippen MR) is 51.7 cm³/mol. The summed E-state index contributed by atoms with van der Waals surface area (Å²) in [7, 11) is 1.34. The van der Waals surface area contributed by atoms with E-state index >= 15 is 0 Å². The highest BCUT2D eigenvalue weighted by Crippen LogP contribution is 2.33. The summed E-state index contributed by atoms with van der Waals surface area (Å²) in [5.41, 5.74) is 1.11. The van der Waals surface area contributed by atoms with Gasteiger partial charge in [-0.15, -0.1) is 0 Å². The quantitative estimate of drug-likeness (QED) is 0.787. The molecule has 0 aliphatic carbocycles. The molecule has 1 rings (SSSR count). The average molecular weight is 217 g/mol. The van der Waals surface area contributed by atoms with Gasteiger partial charge in [0.25, 0.3) is 6.43 Å². The standard InChI is InChI=1S/C10H13F2NO2/c1-6-3-7(5-15-13)9(14-2)8(4-6)10(11)12/h3-4,10H,5,13H2,1-2H3. The van der Waals surface area contributed by atoms with Crippen LogP contribution in [0.2, 0.25) is 0 Å². The molecule has 2 N–H and O–H groups in total. The lowest BCUT2D eigenvalue weighted by Crippen LogP contribution is -2.04. The molecule has 1 aromatic carbocycles. The predicted octanol–water partition coefficient (Wildman–Crippen LogP) is 2.33. The number of halogens is 2. The molecule has 0 spiro atoms. The third kappa shape index (κ3) is 2.64. The molecule has 0 unspecified atom stereocenters. The molecule has 0 heterocycles. The summed E-state index contributed by atoms with van der Waals surface area (Å²) in [6.07, 6.45) is -2.57. The van der Waals surface area contributed by atoms with Gasteiger partial charge < -0.3 is 4.74 Å². The molecular formula is C10H13F2NO2. The zero-order valence-electron chi connectivity index (χ0n) is 8.59. The topological polar surface area (TPSA) is 44.5 Å². The highest BCUT2D eigenvalue weighted by molar-refractivity contribution is 5.44. The lowest BCUT2D eigenvalue weighted by Gasteiger charge is -2.13. The van der Waals surface area contributed by atoms with E-state index in [4.69, 9.17) is 10.6 Å². The van der Waals surface area contributed by atoms with Crippen molar-refractivity contribution < 1.29 is 18.4 Å². The maximum atomic E-state index is 12.7. The fraction of sp³-hybridized carbons (Fsp3) is 0.400. The van der Waals surface area contributed by atoms with Crippen LogP contribution < -0.4 is 10.6 Å². The molecule has 0 aromatic heterocycles. The molecule has 84 valence electrons. The molecule has 0 aliphatic rings. The molecule has 0 saturated carbocycles. The number of benzene rings is 1. The first-order chi connectivity index (χ1) is 7.10. The van der Waals surface area contributed by atoms with Crippen molar-refractivity contribution in [1.82, 2.24) is 0 Å². The number of nitrogens with two attached hydrogens (primary N) is 1. The molecule has 0 aliphatic heterocycles. The van der Waals surface area contributed by atoms with Gasteiger partial charge in [-0.25, -0.2) is 14.7 Å². The van der Waals surface area contributed by atoms with E-state index in [2.05, 4.69) is 4.84 Å². The largest absolute Gasteiger partial charge is 0.496 e. The van der Waals surface area contributed by atoms with Crippen LogP contribution in [-0.2, 0) is 11.4 Å². The smallest absolute Gasteiger partial charge is 0.267 e. The second-order valence-electron chi connectivity index (χ2n) is 3.16. The molecular weight excluding hydrogens is 204 g/mol. The van der Waals surface area contributed by atoms with Crippen molar-refractivity contribution in [2.45, 2.75) is 20.0 Å². The van der Waals surface area contributed by atoms with Gasteiger partial charge in [0.05, 0.1) is 19.3 Å². The zero-order chi connectivity index (χ0) is 11.4. The molecule has 1 aromatic rings. The summed E-state index contributed by atoms with van der Waals surface area (Å²) in [6, 6.07) is 3.10. The lowest BCUT2D eigenvalue weighted by atomic mass is 10.1. The lowest BCUT2D eigenvalue weighted by molar-refractivity contribution is 0.119. The molecule has 5 heteroatoms. The second kappa shape index (κ2) is 5.04. The van der Waals surface area contributed by atoms with Crippen molar-refractivity contribution in [3.8, 4) is 5.75 Å². The molecule has 0 atom stereocenters. The van der Waals surface area contributed by atoms with E-state index in [1.54, 1.807) is 13.0 Å². The van der Waals surface area contributed by atoms with E-state index < -0.39 is 6.43 Å². The van der Waals surface area contributed by atoms with Crippen LogP contribution in [0.25, 0.3) is 0 Å². The van der Waals surface area contributed by atoms with Gasteiger partial charge in [-0.05, 0) is 19.1 Å². The normalized spacial score (nSPS) is 10.8. The van der Waals surface area contributed by atoms with Crippen molar-refractivity contribution in [3.05, 3.63) is 28.8 Å². The average Bonchev–Trinajstić information content (AvgIpc) is 2.17. The van der Waals surface area contributed by atoms with Crippen LogP contribution in [-0.4, -0.2) is 7.11 Å². The van der Waals surface area contributed by atoms with Gasteiger partial charge in [0.15, 0.2) is 0 Å². The van der Waals surface area contributed by atoms with Gasteiger partial charge in [-0.1, -0.05) is 5.56 Å². The number of hydrogen-bond donors (Lipinski definition) is 1. The minimum atomic E-state index is -2.57. The van der Waals surface area contributed by atoms with E-state index in [0.717, 1.165) is 5.56 Å². The molecule has 0 bridgehead atoms. The number of alkyl halides is 2. The molecule has 3 nitrogen and oxygen atoms in total. The number of methoxy groups -OCH3 is 1. The van der Waals surface area contributed by atoms with E-state index in [1.807, 2.05) is 0 Å². The van der Waals surface area contributed by atoms with E-state index in [1.165, 1.54) is 13.2 Å². The summed E-state index contributed by atoms with van der Waals surface area (Å²) < 4.78 is 30.3. The fourth-order valence-electron chi connectivity index (χ4n) is 1.49. The fourth-order valence-corrected chi connectivity index (χ4v) is 1.49. The van der Waals surface area contributed by atoms with Crippen molar-refractivity contribution in [2.24, 2.45) is 5.90 Å². The van der Waals surface area contributed by atoms with Crippen LogP contribution in [0.3, 0.4) is 0 Å². The van der Waals surface area contributed by atoms with Crippen LogP contribution >= 0.6 is 0 Å². The zero-order valence-corrected chi connectivity index (χ0v) is 8.59. The van der Waals surface area contributed by atoms with Crippen molar-refractivity contribution >= 4 is 0 Å². The van der Waals surface area contributed by atoms with Gasteiger partial charge in [0.1, 0.15) is 5.75 Å². The minimum absolute atomic E-state index is 0.0462. The highest BCUT2D eigenvalue weighted by Gasteiger charge is 2.17. The Morgan fingerprint density at radius 1 is 1.40 bits per heavy atom. The summed E-state index contributed by atoms with van der Waals surface area (Å²) >= 11 is 0. The third-order valence-corrected chi connectivity index (χ3v) is 2.02. The van der Waals surface area contributed by atoms with E-state index in [0.29, 0.717) is 5.56 Å². The Morgan fingerprint density at radius 3 is 2.53 bits per heavy atom. The van der Waals surface area contributed by atoms with Crippen LogP contribution in [0.15, 0.2) is 12.1 Å². The molecule has 0 saturated heterocycles. The monoisotopic (exact) mass is 217 g/mol. The Kier molecular flexibility index (Phi) is 3.99. The summed E-state index contributed by atoms with van der Waals surface area (Å²) in [5, 5.41) is 0. The second-order valence-corrected chi connectivity index (χ2v) is 3.16. The molecule has 0 amide bonds. The molecule has 0 radical (unpaired) electrons. The van der Waals surface area contributed by atoms with Crippen LogP contribution in [0.1, 0.15) is 23.1 Å². The Hall–Kier alpha value is -1.20. The number of aryl methyl sites for hydroxylation is 1. The summed E-state index contributed by atoms with van der Waals surface area (Å²) in [5.74, 6) is 5.06. The van der Waals surface area contributed by atoms with Crippen molar-refractivity contribution in [2.75, 3.05) is 7.11 Å². The minimum Gasteiger partial charge on any atom is -0.496 e. The maximum absolute atomic E-state index is 12.7. The summed E-state index contributed by atoms with van der Waals surface area (Å²) in [4.78, 5) is 4.44. The van der Waals surface area contributed by atoms with Crippen LogP contribution in [0.4, 0.5) is 8.78 Å². The molecule has 0 fully saturated rings. The van der Waals surface area contributed by atoms with Crippen LogP contribution in [0.5, 0.6) is 5.75 Å². The van der Waals surface area contributed by atoms with E-state index in [-0.39, 0.29) is 17.9 Å².